The third-order valence-corrected chi connectivity index (χ3v) is 12.2. The fraction of sp³-hybridized carbons (Fsp3) is 0.686. The summed E-state index contributed by atoms with van der Waals surface area (Å²) < 4.78 is 23.0. The van der Waals surface area contributed by atoms with Crippen LogP contribution < -0.4 is 15.5 Å². The van der Waals surface area contributed by atoms with Crippen LogP contribution in [0.15, 0.2) is 18.7 Å². The Kier molecular flexibility index (Phi) is 9.65. The number of Topliss-reactive ketones (excluding diaryl/α,β-unsaturated/α-hetero) is 1. The van der Waals surface area contributed by atoms with Crippen molar-refractivity contribution in [3.05, 3.63) is 34.9 Å². The van der Waals surface area contributed by atoms with Crippen molar-refractivity contribution >= 4 is 42.0 Å². The molecule has 1 aliphatic heterocycles. The Morgan fingerprint density at radius 2 is 1.96 bits per heavy atom. The van der Waals surface area contributed by atoms with Crippen molar-refractivity contribution in [3.8, 4) is 5.75 Å². The summed E-state index contributed by atoms with van der Waals surface area (Å²) >= 11 is 6.65. The molecule has 5 rings (SSSR count). The topological polar surface area (TPSA) is 141 Å². The van der Waals surface area contributed by atoms with E-state index in [-0.39, 0.29) is 52.9 Å². The van der Waals surface area contributed by atoms with E-state index in [1.54, 1.807) is 32.9 Å². The molecule has 3 fully saturated rings. The number of alkyl carbamates (subject to hydrolysis) is 1. The summed E-state index contributed by atoms with van der Waals surface area (Å²) in [7, 11) is -1.30. The highest BCUT2D eigenvalue weighted by atomic mass is 35.5. The van der Waals surface area contributed by atoms with Gasteiger partial charge < -0.3 is 34.3 Å². The van der Waals surface area contributed by atoms with E-state index in [1.165, 1.54) is 0 Å². The summed E-state index contributed by atoms with van der Waals surface area (Å²) in [6.07, 6.45) is 2.86. The van der Waals surface area contributed by atoms with Crippen LogP contribution >= 0.6 is 11.6 Å². The zero-order valence-corrected chi connectivity index (χ0v) is 29.4. The minimum Gasteiger partial charge on any atom is -0.480 e. The molecule has 47 heavy (non-hydrogen) atoms. The van der Waals surface area contributed by atoms with Crippen LogP contribution in [0.1, 0.15) is 91.7 Å². The SMILES string of the molecule is C=C[C@]1(C)C[C@@H](OC(=O)COc2cc(CNC(=O)OC(C)(C)C)c3c(c2Cl)B(O)OC3)[C@@]2(C)[C@@H]3C(=O)CC[C@@]3(CC[C@@H]2C)[C@@H](C)[C@@H]1O. The fourth-order valence-electron chi connectivity index (χ4n) is 9.00. The van der Waals surface area contributed by atoms with E-state index < -0.39 is 54.4 Å². The van der Waals surface area contributed by atoms with Gasteiger partial charge in [-0.15, -0.1) is 6.58 Å². The molecule has 1 aromatic rings. The molecule has 2 bridgehead atoms. The maximum Gasteiger partial charge on any atom is 0.493 e. The number of halogens is 1. The van der Waals surface area contributed by atoms with Crippen molar-refractivity contribution in [3.63, 3.8) is 0 Å². The molecule has 0 spiro atoms. The molecule has 1 amide bonds. The Bertz CT molecular complexity index is 1450. The lowest BCUT2D eigenvalue weighted by Crippen LogP contribution is -2.63. The van der Waals surface area contributed by atoms with Gasteiger partial charge >= 0.3 is 19.2 Å². The van der Waals surface area contributed by atoms with Crippen LogP contribution in [0.3, 0.4) is 0 Å². The van der Waals surface area contributed by atoms with E-state index in [4.69, 9.17) is 30.5 Å². The lowest BCUT2D eigenvalue weighted by atomic mass is 9.44. The number of ether oxygens (including phenoxy) is 3. The molecular weight excluding hydrogens is 625 g/mol. The van der Waals surface area contributed by atoms with Crippen LogP contribution in [-0.2, 0) is 36.9 Å². The molecule has 0 aromatic heterocycles. The number of rotatable bonds is 7. The van der Waals surface area contributed by atoms with Crippen LogP contribution in [-0.4, -0.2) is 59.5 Å². The highest BCUT2D eigenvalue weighted by Crippen LogP contribution is 2.68. The monoisotopic (exact) mass is 673 g/mol. The van der Waals surface area contributed by atoms with Gasteiger partial charge in [0.05, 0.1) is 17.7 Å². The molecule has 12 heteroatoms. The first-order valence-electron chi connectivity index (χ1n) is 16.6. The summed E-state index contributed by atoms with van der Waals surface area (Å²) in [4.78, 5) is 39.6. The molecule has 1 aromatic carbocycles. The van der Waals surface area contributed by atoms with Crippen molar-refractivity contribution in [2.75, 3.05) is 6.61 Å². The van der Waals surface area contributed by atoms with E-state index in [0.29, 0.717) is 35.9 Å². The second-order valence-electron chi connectivity index (χ2n) is 15.6. The van der Waals surface area contributed by atoms with Gasteiger partial charge in [0.1, 0.15) is 23.2 Å². The van der Waals surface area contributed by atoms with Gasteiger partial charge in [-0.1, -0.05) is 45.4 Å². The average molecular weight is 674 g/mol. The highest BCUT2D eigenvalue weighted by molar-refractivity contribution is 6.65. The first-order valence-corrected chi connectivity index (χ1v) is 17.0. The van der Waals surface area contributed by atoms with Gasteiger partial charge in [-0.2, -0.15) is 0 Å². The van der Waals surface area contributed by atoms with E-state index in [2.05, 4.69) is 32.7 Å². The molecule has 4 aliphatic rings. The Morgan fingerprint density at radius 1 is 1.26 bits per heavy atom. The molecule has 0 saturated heterocycles. The normalized spacial score (nSPS) is 34.9. The standard InChI is InChI=1S/C35H49BClNO9/c1-9-33(7)15-25(34(8)19(2)10-12-35(20(3)30(33)41)13-11-23(39)29(34)35)46-26(40)18-44-24-14-21(16-38-31(42)47-32(4,5)6)22-17-45-36(43)27(22)28(24)37/h9,14,19-20,25,29-30,41,43H,1,10-13,15-18H2,2-8H3,(H,38,42)/t19-,20-,25+,29-,30-,33+,34-,35-/m0/s1. The van der Waals surface area contributed by atoms with Gasteiger partial charge in [0.15, 0.2) is 6.61 Å². The summed E-state index contributed by atoms with van der Waals surface area (Å²) in [5.74, 6) is -0.742. The number of nitrogens with one attached hydrogen (secondary N) is 1. The molecular formula is C35H49BClNO9. The third kappa shape index (κ3) is 6.22. The molecule has 8 atom stereocenters. The first-order chi connectivity index (χ1) is 21.9. The number of carbonyl (C=O) groups excluding carboxylic acids is 3. The van der Waals surface area contributed by atoms with Crippen molar-refractivity contribution in [1.82, 2.24) is 5.32 Å². The number of carbonyl (C=O) groups is 3. The Morgan fingerprint density at radius 3 is 2.62 bits per heavy atom. The number of hydrogen-bond donors (Lipinski definition) is 3. The smallest absolute Gasteiger partial charge is 0.480 e. The van der Waals surface area contributed by atoms with Crippen LogP contribution in [0.4, 0.5) is 4.79 Å². The predicted molar refractivity (Wildman–Crippen MR) is 177 cm³/mol. The largest absolute Gasteiger partial charge is 0.493 e. The molecule has 10 nitrogen and oxygen atoms in total. The Labute approximate surface area is 283 Å². The second-order valence-corrected chi connectivity index (χ2v) is 16.0. The Hall–Kier alpha value is -2.60. The number of aliphatic hydroxyl groups is 1. The minimum absolute atomic E-state index is 0.0433. The van der Waals surface area contributed by atoms with Gasteiger partial charge in [-0.05, 0) is 80.9 Å². The van der Waals surface area contributed by atoms with Gasteiger partial charge in [-0.3, -0.25) is 4.79 Å². The van der Waals surface area contributed by atoms with E-state index in [0.717, 1.165) is 12.8 Å². The van der Waals surface area contributed by atoms with E-state index in [1.807, 2.05) is 6.92 Å². The molecule has 0 unspecified atom stereocenters. The zero-order valence-electron chi connectivity index (χ0n) is 28.6. The maximum atomic E-state index is 13.7. The van der Waals surface area contributed by atoms with E-state index in [9.17, 15) is 24.5 Å². The quantitative estimate of drug-likeness (QED) is 0.210. The zero-order chi connectivity index (χ0) is 34.7. The van der Waals surface area contributed by atoms with Crippen LogP contribution in [0.5, 0.6) is 5.75 Å². The van der Waals surface area contributed by atoms with Crippen LogP contribution in [0.2, 0.25) is 5.02 Å². The maximum absolute atomic E-state index is 13.7. The minimum atomic E-state index is -1.30. The number of amides is 1. The van der Waals surface area contributed by atoms with Crippen molar-refractivity contribution in [2.24, 2.45) is 34.0 Å². The Balaban J connectivity index is 1.40. The highest BCUT2D eigenvalue weighted by Gasteiger charge is 2.68. The summed E-state index contributed by atoms with van der Waals surface area (Å²) in [6, 6.07) is 1.60. The van der Waals surface area contributed by atoms with Crippen molar-refractivity contribution in [2.45, 2.75) is 112 Å². The average Bonchev–Trinajstić information content (AvgIpc) is 3.56. The van der Waals surface area contributed by atoms with E-state index >= 15 is 0 Å². The fourth-order valence-corrected chi connectivity index (χ4v) is 9.31. The summed E-state index contributed by atoms with van der Waals surface area (Å²) in [5.41, 5.74) is -0.981. The molecule has 0 radical (unpaired) electrons. The predicted octanol–water partition coefficient (Wildman–Crippen LogP) is 4.87. The molecule has 3 aliphatic carbocycles. The lowest BCUT2D eigenvalue weighted by molar-refractivity contribution is -0.207. The second kappa shape index (κ2) is 12.7. The van der Waals surface area contributed by atoms with Crippen LogP contribution in [0.25, 0.3) is 0 Å². The number of hydrogen-bond acceptors (Lipinski definition) is 9. The van der Waals surface area contributed by atoms with Crippen LogP contribution in [0, 0.1) is 34.0 Å². The lowest BCUT2D eigenvalue weighted by Gasteiger charge is -2.61. The third-order valence-electron chi connectivity index (χ3n) is 11.8. The first kappa shape index (κ1) is 35.7. The van der Waals surface area contributed by atoms with Crippen molar-refractivity contribution in [1.29, 1.82) is 0 Å². The summed E-state index contributed by atoms with van der Waals surface area (Å²) in [6.45, 7) is 17.2. The van der Waals surface area contributed by atoms with Crippen molar-refractivity contribution < 1.29 is 43.4 Å². The number of ketones is 1. The summed E-state index contributed by atoms with van der Waals surface area (Å²) in [5, 5.41) is 25.1. The number of esters is 1. The number of benzene rings is 1. The number of fused-ring (bicyclic) bond motifs is 1. The van der Waals surface area contributed by atoms with Gasteiger partial charge in [0, 0.05) is 35.2 Å². The van der Waals surface area contributed by atoms with Gasteiger partial charge in [0.2, 0.25) is 0 Å². The molecule has 258 valence electrons. The van der Waals surface area contributed by atoms with Gasteiger partial charge in [0.25, 0.3) is 0 Å². The van der Waals surface area contributed by atoms with Gasteiger partial charge in [-0.25, -0.2) is 9.59 Å². The molecule has 1 heterocycles. The number of aliphatic hydroxyl groups excluding tert-OH is 1. The molecule has 3 N–H and O–H groups in total. The molecule has 3 saturated carbocycles.